The van der Waals surface area contributed by atoms with Crippen LogP contribution in [0, 0.1) is 0 Å². The van der Waals surface area contributed by atoms with Crippen LogP contribution in [0.3, 0.4) is 0 Å². The minimum absolute atomic E-state index is 0.316. The van der Waals surface area contributed by atoms with E-state index in [-0.39, 0.29) is 11.2 Å². The van der Waals surface area contributed by atoms with Crippen molar-refractivity contribution in [2.24, 2.45) is 14.1 Å². The number of hydrogen-bond acceptors (Lipinski definition) is 5. The molecule has 2 heterocycles. The van der Waals surface area contributed by atoms with Crippen molar-refractivity contribution in [2.75, 3.05) is 0 Å². The Morgan fingerprint density at radius 3 is 2.76 bits per heavy atom. The third kappa shape index (κ3) is 2.94. The summed E-state index contributed by atoms with van der Waals surface area (Å²) in [5, 5.41) is 11.5. The van der Waals surface area contributed by atoms with Crippen molar-refractivity contribution in [3.8, 4) is 0 Å². The maximum atomic E-state index is 11.9. The van der Waals surface area contributed by atoms with E-state index in [9.17, 15) is 9.59 Å². The zero-order chi connectivity index (χ0) is 15.0. The van der Waals surface area contributed by atoms with Gasteiger partial charge in [-0.2, -0.15) is 0 Å². The fourth-order valence-corrected chi connectivity index (χ4v) is 2.13. The van der Waals surface area contributed by atoms with Gasteiger partial charge in [0.15, 0.2) is 0 Å². The van der Waals surface area contributed by atoms with Gasteiger partial charge in [0.25, 0.3) is 5.56 Å². The number of hydrogen-bond donors (Lipinski definition) is 1. The number of nitrogens with one attached hydrogen (secondary N) is 1. The van der Waals surface area contributed by atoms with Crippen molar-refractivity contribution in [1.82, 2.24) is 29.4 Å². The minimum atomic E-state index is -0.340. The van der Waals surface area contributed by atoms with Crippen molar-refractivity contribution in [2.45, 2.75) is 32.0 Å². The van der Waals surface area contributed by atoms with E-state index >= 15 is 0 Å². The number of rotatable bonds is 5. The van der Waals surface area contributed by atoms with Crippen molar-refractivity contribution in [3.63, 3.8) is 0 Å². The zero-order valence-electron chi connectivity index (χ0n) is 12.1. The van der Waals surface area contributed by atoms with Gasteiger partial charge in [0.05, 0.1) is 18.4 Å². The van der Waals surface area contributed by atoms with E-state index in [4.69, 9.17) is 0 Å². The third-order valence-corrected chi connectivity index (χ3v) is 3.68. The second kappa shape index (κ2) is 5.28. The first-order valence-corrected chi connectivity index (χ1v) is 6.93. The van der Waals surface area contributed by atoms with Crippen LogP contribution in [0.15, 0.2) is 21.9 Å². The van der Waals surface area contributed by atoms with E-state index < -0.39 is 0 Å². The highest BCUT2D eigenvalue weighted by Crippen LogP contribution is 2.18. The summed E-state index contributed by atoms with van der Waals surface area (Å²) in [5.74, 6) is 0. The smallest absolute Gasteiger partial charge is 0.308 e. The first-order chi connectivity index (χ1) is 10.0. The Labute approximate surface area is 121 Å². The van der Waals surface area contributed by atoms with Gasteiger partial charge in [-0.1, -0.05) is 5.21 Å². The third-order valence-electron chi connectivity index (χ3n) is 3.68. The molecule has 1 aliphatic rings. The lowest BCUT2D eigenvalue weighted by Crippen LogP contribution is -2.38. The largest absolute Gasteiger partial charge is 0.330 e. The molecular formula is C13H18N6O2. The Morgan fingerprint density at radius 1 is 1.29 bits per heavy atom. The van der Waals surface area contributed by atoms with Crippen LogP contribution in [0.4, 0.5) is 0 Å². The molecule has 112 valence electrons. The highest BCUT2D eigenvalue weighted by molar-refractivity contribution is 5.04. The second-order valence-electron chi connectivity index (χ2n) is 5.44. The van der Waals surface area contributed by atoms with E-state index in [2.05, 4.69) is 15.6 Å². The Morgan fingerprint density at radius 2 is 2.05 bits per heavy atom. The fraction of sp³-hybridized carbons (Fsp3) is 0.538. The van der Waals surface area contributed by atoms with Crippen LogP contribution in [-0.4, -0.2) is 30.2 Å². The molecule has 0 saturated heterocycles. The summed E-state index contributed by atoms with van der Waals surface area (Å²) < 4.78 is 4.17. The van der Waals surface area contributed by atoms with Gasteiger partial charge in [-0.3, -0.25) is 13.9 Å². The topological polar surface area (TPSA) is 86.7 Å². The first kappa shape index (κ1) is 13.7. The SMILES string of the molecule is Cn1c(Cn2cc(CNC3CC3)nn2)cc(=O)n(C)c1=O. The molecule has 8 heteroatoms. The molecule has 0 atom stereocenters. The summed E-state index contributed by atoms with van der Waals surface area (Å²) in [6.45, 7) is 1.04. The molecule has 2 aromatic heterocycles. The first-order valence-electron chi connectivity index (χ1n) is 6.93. The van der Waals surface area contributed by atoms with Crippen molar-refractivity contribution < 1.29 is 0 Å². The van der Waals surface area contributed by atoms with Gasteiger partial charge in [-0.05, 0) is 12.8 Å². The maximum absolute atomic E-state index is 11.9. The molecular weight excluding hydrogens is 272 g/mol. The highest BCUT2D eigenvalue weighted by Gasteiger charge is 2.20. The van der Waals surface area contributed by atoms with Gasteiger partial charge in [-0.15, -0.1) is 5.10 Å². The van der Waals surface area contributed by atoms with Gasteiger partial charge in [0, 0.05) is 38.4 Å². The molecule has 0 unspecified atom stereocenters. The average Bonchev–Trinajstić information content (AvgIpc) is 3.20. The van der Waals surface area contributed by atoms with Gasteiger partial charge in [0.2, 0.25) is 0 Å². The van der Waals surface area contributed by atoms with E-state index in [1.165, 1.54) is 30.5 Å². The molecule has 0 bridgehead atoms. The van der Waals surface area contributed by atoms with Crippen LogP contribution in [0.2, 0.25) is 0 Å². The molecule has 1 saturated carbocycles. The molecule has 2 aromatic rings. The lowest BCUT2D eigenvalue weighted by molar-refractivity contribution is 0.582. The van der Waals surface area contributed by atoms with Crippen molar-refractivity contribution >= 4 is 0 Å². The van der Waals surface area contributed by atoms with Gasteiger partial charge in [-0.25, -0.2) is 9.48 Å². The van der Waals surface area contributed by atoms with E-state index in [1.54, 1.807) is 11.7 Å². The van der Waals surface area contributed by atoms with Crippen molar-refractivity contribution in [1.29, 1.82) is 0 Å². The van der Waals surface area contributed by atoms with Crippen LogP contribution in [0.5, 0.6) is 0 Å². The molecule has 0 radical (unpaired) electrons. The minimum Gasteiger partial charge on any atom is -0.308 e. The zero-order valence-corrected chi connectivity index (χ0v) is 12.1. The van der Waals surface area contributed by atoms with Crippen LogP contribution in [0.25, 0.3) is 0 Å². The van der Waals surface area contributed by atoms with E-state index in [1.807, 2.05) is 6.20 Å². The molecule has 0 aromatic carbocycles. The number of nitrogens with zero attached hydrogens (tertiary/aromatic N) is 5. The Hall–Kier alpha value is -2.22. The molecule has 3 rings (SSSR count). The van der Waals surface area contributed by atoms with Crippen LogP contribution >= 0.6 is 0 Å². The second-order valence-corrected chi connectivity index (χ2v) is 5.44. The summed E-state index contributed by atoms with van der Waals surface area (Å²) in [6.07, 6.45) is 4.28. The maximum Gasteiger partial charge on any atom is 0.330 e. The molecule has 0 spiro atoms. The summed E-state index contributed by atoms with van der Waals surface area (Å²) in [5.41, 5.74) is 0.808. The average molecular weight is 290 g/mol. The van der Waals surface area contributed by atoms with Gasteiger partial charge in [0.1, 0.15) is 0 Å². The predicted molar refractivity (Wildman–Crippen MR) is 75.9 cm³/mol. The Bertz CT molecular complexity index is 768. The normalized spacial score (nSPS) is 14.6. The van der Waals surface area contributed by atoms with Crippen molar-refractivity contribution in [3.05, 3.63) is 44.5 Å². The van der Waals surface area contributed by atoms with E-state index in [0.29, 0.717) is 24.8 Å². The summed E-state index contributed by atoms with van der Waals surface area (Å²) >= 11 is 0. The lowest BCUT2D eigenvalue weighted by Gasteiger charge is -2.08. The molecule has 1 N–H and O–H groups in total. The quantitative estimate of drug-likeness (QED) is 0.761. The molecule has 1 fully saturated rings. The van der Waals surface area contributed by atoms with Crippen LogP contribution in [-0.2, 0) is 27.2 Å². The summed E-state index contributed by atoms with van der Waals surface area (Å²) in [4.78, 5) is 23.5. The van der Waals surface area contributed by atoms with Crippen LogP contribution < -0.4 is 16.6 Å². The molecule has 0 aliphatic heterocycles. The number of aromatic nitrogens is 5. The fourth-order valence-electron chi connectivity index (χ4n) is 2.13. The Balaban J connectivity index is 1.77. The standard InChI is InChI=1S/C13H18N6O2/c1-17-11(5-12(20)18(2)13(17)21)8-19-7-10(15-16-19)6-14-9-3-4-9/h5,7,9,14H,3-4,6,8H2,1-2H3. The van der Waals surface area contributed by atoms with Crippen LogP contribution in [0.1, 0.15) is 24.2 Å². The monoisotopic (exact) mass is 290 g/mol. The van der Waals surface area contributed by atoms with Gasteiger partial charge >= 0.3 is 5.69 Å². The lowest BCUT2D eigenvalue weighted by atomic mass is 10.4. The summed E-state index contributed by atoms with van der Waals surface area (Å²) in [6, 6.07) is 2.07. The van der Waals surface area contributed by atoms with Gasteiger partial charge < -0.3 is 5.32 Å². The molecule has 8 nitrogen and oxygen atoms in total. The summed E-state index contributed by atoms with van der Waals surface area (Å²) in [7, 11) is 3.11. The predicted octanol–water partition coefficient (Wildman–Crippen LogP) is -1.02. The Kier molecular flexibility index (Phi) is 3.46. The van der Waals surface area contributed by atoms with E-state index in [0.717, 1.165) is 10.3 Å². The molecule has 21 heavy (non-hydrogen) atoms. The highest BCUT2D eigenvalue weighted by atomic mass is 16.2. The molecule has 0 amide bonds. The molecule has 1 aliphatic carbocycles.